The molecule has 0 aliphatic carbocycles. The zero-order chi connectivity index (χ0) is 48.6. The van der Waals surface area contributed by atoms with Gasteiger partial charge in [0.05, 0.1) is 0 Å². The van der Waals surface area contributed by atoms with E-state index in [1.807, 2.05) is 0 Å². The van der Waals surface area contributed by atoms with E-state index in [2.05, 4.69) is 154 Å². The van der Waals surface area contributed by atoms with Gasteiger partial charge in [-0.25, -0.2) is 0 Å². The van der Waals surface area contributed by atoms with Crippen LogP contribution in [0.2, 0.25) is 0 Å². The maximum atomic E-state index is 12.8. The second-order valence-corrected chi connectivity index (χ2v) is 17.0. The van der Waals surface area contributed by atoms with Gasteiger partial charge in [0.2, 0.25) is 0 Å². The molecule has 0 saturated heterocycles. The van der Waals surface area contributed by atoms with Gasteiger partial charge in [0, 0.05) is 19.3 Å². The quantitative estimate of drug-likeness (QED) is 0.0262. The van der Waals surface area contributed by atoms with Gasteiger partial charge in [-0.3, -0.25) is 14.4 Å². The van der Waals surface area contributed by atoms with Crippen LogP contribution in [0.4, 0.5) is 0 Å². The highest BCUT2D eigenvalue weighted by Crippen LogP contribution is 2.12. The van der Waals surface area contributed by atoms with Gasteiger partial charge >= 0.3 is 17.9 Å². The largest absolute Gasteiger partial charge is 0.462 e. The first kappa shape index (κ1) is 62.5. The Kier molecular flexibility index (Phi) is 50.6. The summed E-state index contributed by atoms with van der Waals surface area (Å²) in [6.07, 6.45) is 75.8. The van der Waals surface area contributed by atoms with Crippen molar-refractivity contribution in [3.05, 3.63) is 134 Å². The number of unbranched alkanes of at least 4 members (excludes halogenated alkanes) is 13. The molecule has 0 heterocycles. The lowest BCUT2D eigenvalue weighted by molar-refractivity contribution is -0.167. The summed E-state index contributed by atoms with van der Waals surface area (Å²) in [6.45, 7) is 6.28. The Morgan fingerprint density at radius 2 is 0.597 bits per heavy atom. The van der Waals surface area contributed by atoms with Crippen molar-refractivity contribution in [2.24, 2.45) is 0 Å². The van der Waals surface area contributed by atoms with E-state index in [9.17, 15) is 14.4 Å². The summed E-state index contributed by atoms with van der Waals surface area (Å²) in [6, 6.07) is 0. The third-order valence-corrected chi connectivity index (χ3v) is 10.6. The monoisotopic (exact) mass is 925 g/mol. The lowest BCUT2D eigenvalue weighted by Gasteiger charge is -2.18. The molecule has 0 aliphatic rings. The van der Waals surface area contributed by atoms with E-state index in [1.54, 1.807) is 0 Å². The maximum absolute atomic E-state index is 12.8. The molecule has 0 aromatic carbocycles. The van der Waals surface area contributed by atoms with Crippen molar-refractivity contribution in [3.8, 4) is 0 Å². The normalized spacial score (nSPS) is 13.2. The summed E-state index contributed by atoms with van der Waals surface area (Å²) in [5.41, 5.74) is 0. The summed E-state index contributed by atoms with van der Waals surface area (Å²) < 4.78 is 16.7. The molecule has 376 valence electrons. The number of carbonyl (C=O) groups is 3. The molecule has 0 radical (unpaired) electrons. The highest BCUT2D eigenvalue weighted by Gasteiger charge is 2.19. The Morgan fingerprint density at radius 1 is 0.313 bits per heavy atom. The minimum Gasteiger partial charge on any atom is -0.462 e. The zero-order valence-electron chi connectivity index (χ0n) is 42.9. The highest BCUT2D eigenvalue weighted by atomic mass is 16.6. The average Bonchev–Trinajstić information content (AvgIpc) is 3.33. The minimum atomic E-state index is -0.825. The van der Waals surface area contributed by atoms with Crippen LogP contribution in [0.5, 0.6) is 0 Å². The molecular formula is C61H96O6. The summed E-state index contributed by atoms with van der Waals surface area (Å²) in [5.74, 6) is -1.02. The van der Waals surface area contributed by atoms with Crippen LogP contribution in [0.1, 0.15) is 213 Å². The number of esters is 3. The van der Waals surface area contributed by atoms with Crippen molar-refractivity contribution in [3.63, 3.8) is 0 Å². The fourth-order valence-corrected chi connectivity index (χ4v) is 6.67. The number of hydrogen-bond donors (Lipinski definition) is 0. The van der Waals surface area contributed by atoms with Gasteiger partial charge in [0.15, 0.2) is 6.10 Å². The molecule has 0 aromatic heterocycles. The Morgan fingerprint density at radius 3 is 0.970 bits per heavy atom. The van der Waals surface area contributed by atoms with Crippen molar-refractivity contribution >= 4 is 17.9 Å². The molecule has 0 rings (SSSR count). The molecule has 0 unspecified atom stereocenters. The first-order chi connectivity index (χ1) is 33.0. The fourth-order valence-electron chi connectivity index (χ4n) is 6.67. The van der Waals surface area contributed by atoms with E-state index >= 15 is 0 Å². The molecule has 6 nitrogen and oxygen atoms in total. The van der Waals surface area contributed by atoms with Gasteiger partial charge in [-0.1, -0.05) is 199 Å². The second kappa shape index (κ2) is 54.2. The van der Waals surface area contributed by atoms with E-state index in [0.717, 1.165) is 141 Å². The van der Waals surface area contributed by atoms with Crippen LogP contribution in [0.25, 0.3) is 0 Å². The van der Waals surface area contributed by atoms with E-state index in [4.69, 9.17) is 14.2 Å². The average molecular weight is 925 g/mol. The van der Waals surface area contributed by atoms with Crippen LogP contribution in [-0.4, -0.2) is 37.2 Å². The molecule has 67 heavy (non-hydrogen) atoms. The van der Waals surface area contributed by atoms with Gasteiger partial charge in [-0.05, 0) is 128 Å². The number of carbonyl (C=O) groups excluding carboxylic acids is 3. The van der Waals surface area contributed by atoms with E-state index in [0.29, 0.717) is 12.8 Å². The lowest BCUT2D eigenvalue weighted by Crippen LogP contribution is -2.30. The van der Waals surface area contributed by atoms with Gasteiger partial charge in [0.25, 0.3) is 0 Å². The Balaban J connectivity index is 4.57. The smallest absolute Gasteiger partial charge is 0.306 e. The predicted octanol–water partition coefficient (Wildman–Crippen LogP) is 17.9. The molecule has 0 N–H and O–H groups in total. The van der Waals surface area contributed by atoms with Gasteiger partial charge in [-0.15, -0.1) is 0 Å². The third kappa shape index (κ3) is 52.4. The molecule has 0 amide bonds. The summed E-state index contributed by atoms with van der Waals surface area (Å²) >= 11 is 0. The van der Waals surface area contributed by atoms with Crippen LogP contribution >= 0.6 is 0 Å². The van der Waals surface area contributed by atoms with Crippen molar-refractivity contribution in [2.45, 2.75) is 219 Å². The topological polar surface area (TPSA) is 78.9 Å². The van der Waals surface area contributed by atoms with Gasteiger partial charge in [0.1, 0.15) is 13.2 Å². The molecule has 1 atom stereocenters. The van der Waals surface area contributed by atoms with Crippen LogP contribution in [0.15, 0.2) is 134 Å². The Hall–Kier alpha value is -4.45. The summed E-state index contributed by atoms with van der Waals surface area (Å²) in [4.78, 5) is 38.0. The molecule has 0 bridgehead atoms. The molecule has 0 fully saturated rings. The second-order valence-electron chi connectivity index (χ2n) is 17.0. The molecule has 6 heteroatoms. The van der Waals surface area contributed by atoms with E-state index in [1.165, 1.54) is 25.7 Å². The number of allylic oxidation sites excluding steroid dienone is 22. The first-order valence-corrected chi connectivity index (χ1v) is 26.7. The fraction of sp³-hybridized carbons (Fsp3) is 0.590. The third-order valence-electron chi connectivity index (χ3n) is 10.6. The van der Waals surface area contributed by atoms with Crippen molar-refractivity contribution in [1.82, 2.24) is 0 Å². The Bertz CT molecular complexity index is 1480. The molecule has 0 aromatic rings. The number of rotatable bonds is 46. The minimum absolute atomic E-state index is 0.119. The lowest BCUT2D eigenvalue weighted by atomic mass is 10.1. The Labute approximate surface area is 411 Å². The van der Waals surface area contributed by atoms with Gasteiger partial charge < -0.3 is 14.2 Å². The van der Waals surface area contributed by atoms with Crippen LogP contribution in [0, 0.1) is 0 Å². The standard InChI is InChI=1S/C61H96O6/c1-4-7-10-13-16-19-22-25-28-30-33-35-38-41-44-47-50-53-59(62)65-56-58(67-61(64)55-52-49-46-43-40-37-32-27-24-21-18-15-12-9-6-3)57-66-60(63)54-51-48-45-42-39-36-34-31-29-26-23-20-17-14-11-8-5-2/h7,9-10,12,16-21,25-29,32-36,41,44,58H,4-6,8,11,13-15,22-24,30-31,37-40,42-43,45-57H2,1-3H3/b10-7-,12-9-,19-16-,20-17-,21-18-,28-25-,29-26-,32-27-,35-33-,36-34-,44-41-/t58-/m1/s1. The molecule has 0 saturated carbocycles. The number of hydrogen-bond acceptors (Lipinski definition) is 6. The SMILES string of the molecule is CC/C=C\C/C=C\C/C=C\C/C=C\C/C=C\CCCC(=O)OC[C@H](COC(=O)CCCCCC/C=C\C/C=C\C/C=C\CCCCC)OC(=O)CCCCCCC/C=C\C/C=C\C/C=C\CC. The zero-order valence-corrected chi connectivity index (χ0v) is 42.9. The maximum Gasteiger partial charge on any atom is 0.306 e. The summed E-state index contributed by atoms with van der Waals surface area (Å²) in [7, 11) is 0. The van der Waals surface area contributed by atoms with Crippen molar-refractivity contribution in [2.75, 3.05) is 13.2 Å². The number of ether oxygens (including phenoxy) is 3. The van der Waals surface area contributed by atoms with Crippen LogP contribution in [-0.2, 0) is 28.6 Å². The van der Waals surface area contributed by atoms with Crippen LogP contribution in [0.3, 0.4) is 0 Å². The highest BCUT2D eigenvalue weighted by molar-refractivity contribution is 5.71. The molecule has 0 aliphatic heterocycles. The van der Waals surface area contributed by atoms with E-state index < -0.39 is 6.10 Å². The first-order valence-electron chi connectivity index (χ1n) is 26.7. The van der Waals surface area contributed by atoms with Crippen molar-refractivity contribution in [1.29, 1.82) is 0 Å². The molecular weight excluding hydrogens is 829 g/mol. The van der Waals surface area contributed by atoms with E-state index in [-0.39, 0.29) is 44.0 Å². The predicted molar refractivity (Wildman–Crippen MR) is 288 cm³/mol. The van der Waals surface area contributed by atoms with Crippen LogP contribution < -0.4 is 0 Å². The molecule has 0 spiro atoms. The van der Waals surface area contributed by atoms with Gasteiger partial charge in [-0.2, -0.15) is 0 Å². The summed E-state index contributed by atoms with van der Waals surface area (Å²) in [5, 5.41) is 0. The van der Waals surface area contributed by atoms with Crippen molar-refractivity contribution < 1.29 is 28.6 Å².